The molecule has 1 N–H and O–H groups in total. The number of rotatable bonds is 6. The van der Waals surface area contributed by atoms with Crippen molar-refractivity contribution in [1.82, 2.24) is 5.32 Å². The fourth-order valence-electron chi connectivity index (χ4n) is 2.27. The smallest absolute Gasteiger partial charge is 0.265 e. The average Bonchev–Trinajstić information content (AvgIpc) is 2.58. The summed E-state index contributed by atoms with van der Waals surface area (Å²) < 4.78 is 5.92. The molecule has 2 aromatic rings. The number of hydrogen-bond acceptors (Lipinski definition) is 3. The molecule has 0 saturated carbocycles. The Morgan fingerprint density at radius 2 is 1.92 bits per heavy atom. The van der Waals surface area contributed by atoms with Crippen molar-refractivity contribution in [2.75, 3.05) is 7.05 Å². The van der Waals surface area contributed by atoms with Gasteiger partial charge in [-0.15, -0.1) is 0 Å². The molecule has 0 radical (unpaired) electrons. The lowest BCUT2D eigenvalue weighted by Crippen LogP contribution is -2.29. The number of ether oxygens (including phenoxy) is 1. The van der Waals surface area contributed by atoms with Gasteiger partial charge < -0.3 is 10.1 Å². The van der Waals surface area contributed by atoms with E-state index in [1.807, 2.05) is 56.3 Å². The third-order valence-corrected chi connectivity index (χ3v) is 3.70. The Morgan fingerprint density at radius 3 is 2.58 bits per heavy atom. The molecule has 5 nitrogen and oxygen atoms in total. The summed E-state index contributed by atoms with van der Waals surface area (Å²) in [6.07, 6.45) is 0.642. The molecule has 124 valence electrons. The minimum Gasteiger partial charge on any atom is -0.457 e. The molecule has 24 heavy (non-hydrogen) atoms. The van der Waals surface area contributed by atoms with E-state index in [1.54, 1.807) is 0 Å². The number of aryl methyl sites for hydroxylation is 2. The molecule has 0 aromatic heterocycles. The van der Waals surface area contributed by atoms with Crippen molar-refractivity contribution in [3.05, 3.63) is 59.2 Å². The average molecular weight is 324 g/mol. The maximum absolute atomic E-state index is 11.8. The van der Waals surface area contributed by atoms with Crippen LogP contribution in [0.15, 0.2) is 47.5 Å². The molecule has 2 aromatic carbocycles. The molecular weight excluding hydrogens is 304 g/mol. The highest BCUT2D eigenvalue weighted by atomic mass is 16.5. The lowest BCUT2D eigenvalue weighted by Gasteiger charge is -2.12. The van der Waals surface area contributed by atoms with E-state index in [9.17, 15) is 9.59 Å². The molecule has 0 heterocycles. The van der Waals surface area contributed by atoms with Gasteiger partial charge in [-0.1, -0.05) is 24.3 Å². The van der Waals surface area contributed by atoms with Crippen LogP contribution in [-0.2, 0) is 16.0 Å². The van der Waals surface area contributed by atoms with Gasteiger partial charge in [-0.25, -0.2) is 4.99 Å². The van der Waals surface area contributed by atoms with Crippen molar-refractivity contribution >= 4 is 18.0 Å². The van der Waals surface area contributed by atoms with E-state index in [0.29, 0.717) is 12.2 Å². The number of carbonyl (C=O) groups is 2. The van der Waals surface area contributed by atoms with Crippen molar-refractivity contribution in [3.63, 3.8) is 0 Å². The standard InChI is InChI=1S/C19H20N2O3/c1-13-8-9-16(24-18-7-5-4-6-14(18)2)10-15(13)11-17(21-12-22)19(23)20-3/h4-10,12H,11H2,1-3H3,(H,20,23)/b21-17+. The molecule has 0 aliphatic heterocycles. The van der Waals surface area contributed by atoms with Gasteiger partial charge in [0, 0.05) is 13.5 Å². The van der Waals surface area contributed by atoms with Gasteiger partial charge in [-0.05, 0) is 48.7 Å². The first-order valence-electron chi connectivity index (χ1n) is 7.60. The van der Waals surface area contributed by atoms with Crippen LogP contribution in [-0.4, -0.2) is 25.1 Å². The molecule has 0 fully saturated rings. The van der Waals surface area contributed by atoms with Crippen LogP contribution in [0, 0.1) is 13.8 Å². The number of nitrogens with zero attached hydrogens (tertiary/aromatic N) is 1. The first kappa shape index (κ1) is 17.4. The summed E-state index contributed by atoms with van der Waals surface area (Å²) in [5, 5.41) is 2.49. The van der Waals surface area contributed by atoms with Crippen molar-refractivity contribution in [2.24, 2.45) is 4.99 Å². The summed E-state index contributed by atoms with van der Waals surface area (Å²) in [6, 6.07) is 13.4. The lowest BCUT2D eigenvalue weighted by atomic mass is 10.0. The van der Waals surface area contributed by atoms with Crippen LogP contribution in [0.2, 0.25) is 0 Å². The number of benzene rings is 2. The largest absolute Gasteiger partial charge is 0.457 e. The van der Waals surface area contributed by atoms with E-state index in [-0.39, 0.29) is 18.0 Å². The molecule has 2 rings (SSSR count). The number of para-hydroxylation sites is 1. The van der Waals surface area contributed by atoms with Crippen LogP contribution in [0.1, 0.15) is 16.7 Å². The normalized spacial score (nSPS) is 11.0. The molecule has 0 unspecified atom stereocenters. The molecular formula is C19H20N2O3. The second-order valence-corrected chi connectivity index (χ2v) is 5.39. The van der Waals surface area contributed by atoms with Gasteiger partial charge in [0.05, 0.1) is 0 Å². The fourth-order valence-corrected chi connectivity index (χ4v) is 2.27. The highest BCUT2D eigenvalue weighted by Gasteiger charge is 2.13. The van der Waals surface area contributed by atoms with Gasteiger partial charge in [0.25, 0.3) is 5.91 Å². The predicted octanol–water partition coefficient (Wildman–Crippen LogP) is 2.98. The van der Waals surface area contributed by atoms with Crippen LogP contribution in [0.25, 0.3) is 0 Å². The third kappa shape index (κ3) is 4.29. The Labute approximate surface area is 141 Å². The summed E-state index contributed by atoms with van der Waals surface area (Å²) >= 11 is 0. The first-order chi connectivity index (χ1) is 11.5. The number of nitrogens with one attached hydrogen (secondary N) is 1. The fraction of sp³-hybridized carbons (Fsp3) is 0.211. The summed E-state index contributed by atoms with van der Waals surface area (Å²) in [5.41, 5.74) is 3.08. The highest BCUT2D eigenvalue weighted by molar-refractivity contribution is 6.40. The van der Waals surface area contributed by atoms with Gasteiger partial charge in [-0.3, -0.25) is 9.59 Å². The van der Waals surface area contributed by atoms with Crippen molar-refractivity contribution in [3.8, 4) is 11.5 Å². The van der Waals surface area contributed by atoms with Gasteiger partial charge in [0.15, 0.2) is 0 Å². The Kier molecular flexibility index (Phi) is 5.84. The predicted molar refractivity (Wildman–Crippen MR) is 93.7 cm³/mol. The number of amides is 2. The topological polar surface area (TPSA) is 67.8 Å². The minimum atomic E-state index is -0.369. The lowest BCUT2D eigenvalue weighted by molar-refractivity contribution is -0.115. The molecule has 0 spiro atoms. The van der Waals surface area contributed by atoms with E-state index in [1.165, 1.54) is 7.05 Å². The molecule has 0 atom stereocenters. The van der Waals surface area contributed by atoms with Crippen LogP contribution in [0.4, 0.5) is 0 Å². The van der Waals surface area contributed by atoms with Crippen molar-refractivity contribution in [1.29, 1.82) is 0 Å². The summed E-state index contributed by atoms with van der Waals surface area (Å²) in [5.74, 6) is 1.08. The second kappa shape index (κ2) is 8.06. The quantitative estimate of drug-likeness (QED) is 0.656. The number of carbonyl (C=O) groups excluding carboxylic acids is 2. The zero-order valence-corrected chi connectivity index (χ0v) is 14.0. The zero-order valence-electron chi connectivity index (χ0n) is 14.0. The molecule has 5 heteroatoms. The van der Waals surface area contributed by atoms with E-state index in [2.05, 4.69) is 10.3 Å². The molecule has 0 saturated heterocycles. The van der Waals surface area contributed by atoms with Crippen LogP contribution < -0.4 is 10.1 Å². The second-order valence-electron chi connectivity index (χ2n) is 5.39. The van der Waals surface area contributed by atoms with E-state index in [0.717, 1.165) is 22.4 Å². The Bertz CT molecular complexity index is 782. The molecule has 0 aliphatic rings. The van der Waals surface area contributed by atoms with Crippen LogP contribution >= 0.6 is 0 Å². The van der Waals surface area contributed by atoms with Gasteiger partial charge in [0.2, 0.25) is 6.41 Å². The summed E-state index contributed by atoms with van der Waals surface area (Å²) in [6.45, 7) is 3.92. The van der Waals surface area contributed by atoms with Gasteiger partial charge >= 0.3 is 0 Å². The maximum atomic E-state index is 11.8. The molecule has 0 bridgehead atoms. The van der Waals surface area contributed by atoms with E-state index >= 15 is 0 Å². The van der Waals surface area contributed by atoms with Crippen LogP contribution in [0.3, 0.4) is 0 Å². The van der Waals surface area contributed by atoms with E-state index < -0.39 is 0 Å². The van der Waals surface area contributed by atoms with Crippen molar-refractivity contribution in [2.45, 2.75) is 20.3 Å². The monoisotopic (exact) mass is 324 g/mol. The maximum Gasteiger partial charge on any atom is 0.265 e. The van der Waals surface area contributed by atoms with Crippen LogP contribution in [0.5, 0.6) is 11.5 Å². The Morgan fingerprint density at radius 1 is 1.17 bits per heavy atom. The highest BCUT2D eigenvalue weighted by Crippen LogP contribution is 2.26. The van der Waals surface area contributed by atoms with E-state index in [4.69, 9.17) is 4.74 Å². The van der Waals surface area contributed by atoms with Crippen molar-refractivity contribution < 1.29 is 14.3 Å². The Hall–Kier alpha value is -2.95. The number of hydrogen-bond donors (Lipinski definition) is 1. The zero-order chi connectivity index (χ0) is 17.5. The molecule has 0 aliphatic carbocycles. The van der Waals surface area contributed by atoms with Gasteiger partial charge in [-0.2, -0.15) is 0 Å². The molecule has 2 amide bonds. The SMILES string of the molecule is CNC(=O)/C(Cc1cc(Oc2ccccc2C)ccc1C)=N/C=O. The minimum absolute atomic E-state index is 0.170. The summed E-state index contributed by atoms with van der Waals surface area (Å²) in [4.78, 5) is 26.1. The third-order valence-electron chi connectivity index (χ3n) is 3.70. The summed E-state index contributed by atoms with van der Waals surface area (Å²) in [7, 11) is 1.51. The van der Waals surface area contributed by atoms with Gasteiger partial charge in [0.1, 0.15) is 17.2 Å². The number of aliphatic imine (C=N–C) groups is 1. The Balaban J connectivity index is 2.28. The first-order valence-corrected chi connectivity index (χ1v) is 7.60.